The van der Waals surface area contributed by atoms with Crippen LogP contribution in [0.1, 0.15) is 40.1 Å². The van der Waals surface area contributed by atoms with E-state index in [4.69, 9.17) is 0 Å². The number of halogens is 1. The van der Waals surface area contributed by atoms with E-state index in [2.05, 4.69) is 16.2 Å². The second kappa shape index (κ2) is 8.93. The van der Waals surface area contributed by atoms with Crippen molar-refractivity contribution in [3.63, 3.8) is 0 Å². The summed E-state index contributed by atoms with van der Waals surface area (Å²) in [5.74, 6) is -2.19. The lowest BCUT2D eigenvalue weighted by Crippen LogP contribution is -2.54. The molecule has 0 aliphatic carbocycles. The fourth-order valence-corrected chi connectivity index (χ4v) is 2.33. The average Bonchev–Trinajstić information content (AvgIpc) is 2.64. The van der Waals surface area contributed by atoms with E-state index in [0.717, 1.165) is 17.7 Å². The predicted molar refractivity (Wildman–Crippen MR) is 99.3 cm³/mol. The standard InChI is InChI=1S/C20H22FN3O3/c1-12(2)17(22-18(25)14-6-4-13(3)5-7-14)20(27)24-23-19(26)15-8-10-16(21)11-9-15/h4-12,17H,1-3H3,(H,22,25)(H,23,26)(H,24,27). The van der Waals surface area contributed by atoms with Gasteiger partial charge in [-0.1, -0.05) is 31.5 Å². The zero-order chi connectivity index (χ0) is 20.0. The highest BCUT2D eigenvalue weighted by Crippen LogP contribution is 2.07. The highest BCUT2D eigenvalue weighted by molar-refractivity contribution is 5.99. The van der Waals surface area contributed by atoms with Crippen LogP contribution >= 0.6 is 0 Å². The van der Waals surface area contributed by atoms with Gasteiger partial charge in [-0.25, -0.2) is 4.39 Å². The van der Waals surface area contributed by atoms with Crippen molar-refractivity contribution in [3.05, 3.63) is 71.0 Å². The Bertz CT molecular complexity index is 817. The van der Waals surface area contributed by atoms with Gasteiger partial charge >= 0.3 is 0 Å². The molecule has 0 spiro atoms. The molecule has 0 aromatic heterocycles. The Labute approximate surface area is 157 Å². The third kappa shape index (κ3) is 5.64. The van der Waals surface area contributed by atoms with Gasteiger partial charge in [0.25, 0.3) is 17.7 Å². The summed E-state index contributed by atoms with van der Waals surface area (Å²) in [5, 5.41) is 2.67. The maximum Gasteiger partial charge on any atom is 0.269 e. The number of carbonyl (C=O) groups is 3. The van der Waals surface area contributed by atoms with Crippen LogP contribution in [0.5, 0.6) is 0 Å². The van der Waals surface area contributed by atoms with E-state index in [1.54, 1.807) is 26.0 Å². The van der Waals surface area contributed by atoms with Gasteiger partial charge in [0.2, 0.25) is 0 Å². The van der Waals surface area contributed by atoms with Crippen LogP contribution in [0.15, 0.2) is 48.5 Å². The number of rotatable bonds is 5. The van der Waals surface area contributed by atoms with Crippen LogP contribution in [0, 0.1) is 18.7 Å². The van der Waals surface area contributed by atoms with Gasteiger partial charge in [0, 0.05) is 11.1 Å². The smallest absolute Gasteiger partial charge is 0.269 e. The van der Waals surface area contributed by atoms with Crippen LogP contribution in [-0.2, 0) is 4.79 Å². The number of benzene rings is 2. The van der Waals surface area contributed by atoms with E-state index in [9.17, 15) is 18.8 Å². The molecule has 0 aliphatic heterocycles. The zero-order valence-corrected chi connectivity index (χ0v) is 15.4. The van der Waals surface area contributed by atoms with Crippen molar-refractivity contribution in [1.82, 2.24) is 16.2 Å². The molecule has 6 nitrogen and oxygen atoms in total. The van der Waals surface area contributed by atoms with Crippen LogP contribution < -0.4 is 16.2 Å². The minimum absolute atomic E-state index is 0.196. The topological polar surface area (TPSA) is 87.3 Å². The van der Waals surface area contributed by atoms with Crippen LogP contribution in [0.3, 0.4) is 0 Å². The molecular weight excluding hydrogens is 349 g/mol. The van der Waals surface area contributed by atoms with E-state index in [1.165, 1.54) is 12.1 Å². The van der Waals surface area contributed by atoms with Crippen molar-refractivity contribution in [3.8, 4) is 0 Å². The highest BCUT2D eigenvalue weighted by atomic mass is 19.1. The summed E-state index contributed by atoms with van der Waals surface area (Å²) in [6.07, 6.45) is 0. The molecule has 142 valence electrons. The van der Waals surface area contributed by atoms with Gasteiger partial charge in [-0.15, -0.1) is 0 Å². The third-order valence-electron chi connectivity index (χ3n) is 3.96. The van der Waals surface area contributed by atoms with E-state index in [1.807, 2.05) is 19.1 Å². The first kappa shape index (κ1) is 20.1. The van der Waals surface area contributed by atoms with Gasteiger partial charge in [0.05, 0.1) is 0 Å². The Morgan fingerprint density at radius 3 is 1.89 bits per heavy atom. The molecule has 1 atom stereocenters. The van der Waals surface area contributed by atoms with Gasteiger partial charge < -0.3 is 5.32 Å². The highest BCUT2D eigenvalue weighted by Gasteiger charge is 2.25. The number of hydrogen-bond acceptors (Lipinski definition) is 3. The molecule has 0 saturated carbocycles. The molecule has 7 heteroatoms. The van der Waals surface area contributed by atoms with Crippen molar-refractivity contribution in [1.29, 1.82) is 0 Å². The maximum absolute atomic E-state index is 12.9. The lowest BCUT2D eigenvalue weighted by Gasteiger charge is -2.22. The molecular formula is C20H22FN3O3. The van der Waals surface area contributed by atoms with E-state index < -0.39 is 23.7 Å². The van der Waals surface area contributed by atoms with Gasteiger partial charge in [-0.3, -0.25) is 25.2 Å². The van der Waals surface area contributed by atoms with E-state index in [0.29, 0.717) is 5.56 Å². The zero-order valence-electron chi connectivity index (χ0n) is 15.4. The normalized spacial score (nSPS) is 11.6. The Morgan fingerprint density at radius 1 is 0.815 bits per heavy atom. The van der Waals surface area contributed by atoms with E-state index in [-0.39, 0.29) is 17.4 Å². The van der Waals surface area contributed by atoms with E-state index >= 15 is 0 Å². The minimum atomic E-state index is -0.840. The molecule has 2 rings (SSSR count). The van der Waals surface area contributed by atoms with Crippen molar-refractivity contribution < 1.29 is 18.8 Å². The molecule has 0 saturated heterocycles. The fraction of sp³-hybridized carbons (Fsp3) is 0.250. The Hall–Kier alpha value is -3.22. The molecule has 2 aromatic carbocycles. The Kier molecular flexibility index (Phi) is 6.65. The largest absolute Gasteiger partial charge is 0.340 e. The Morgan fingerprint density at radius 2 is 1.33 bits per heavy atom. The van der Waals surface area contributed by atoms with Crippen molar-refractivity contribution in [2.24, 2.45) is 5.92 Å². The second-order valence-electron chi connectivity index (χ2n) is 6.51. The summed E-state index contributed by atoms with van der Waals surface area (Å²) in [4.78, 5) is 36.7. The Balaban J connectivity index is 1.97. The van der Waals surface area contributed by atoms with Gasteiger partial charge in [-0.2, -0.15) is 0 Å². The van der Waals surface area contributed by atoms with Crippen molar-refractivity contribution in [2.75, 3.05) is 0 Å². The monoisotopic (exact) mass is 371 g/mol. The van der Waals surface area contributed by atoms with Crippen LogP contribution in [0.25, 0.3) is 0 Å². The molecule has 0 heterocycles. The first-order valence-electron chi connectivity index (χ1n) is 8.51. The van der Waals surface area contributed by atoms with Crippen molar-refractivity contribution in [2.45, 2.75) is 26.8 Å². The lowest BCUT2D eigenvalue weighted by atomic mass is 10.0. The predicted octanol–water partition coefficient (Wildman–Crippen LogP) is 2.35. The summed E-state index contributed by atoms with van der Waals surface area (Å²) in [6, 6.07) is 11.0. The molecule has 0 fully saturated rings. The molecule has 3 N–H and O–H groups in total. The van der Waals surface area contributed by atoms with Gasteiger partial charge in [0.15, 0.2) is 0 Å². The summed E-state index contributed by atoms with van der Waals surface area (Å²) >= 11 is 0. The molecule has 1 unspecified atom stereocenters. The van der Waals surface area contributed by atoms with Crippen LogP contribution in [0.2, 0.25) is 0 Å². The molecule has 3 amide bonds. The molecule has 27 heavy (non-hydrogen) atoms. The van der Waals surface area contributed by atoms with Gasteiger partial charge in [0.1, 0.15) is 11.9 Å². The fourth-order valence-electron chi connectivity index (χ4n) is 2.33. The summed E-state index contributed by atoms with van der Waals surface area (Å²) in [5.41, 5.74) is 6.21. The number of aryl methyl sites for hydroxylation is 1. The first-order valence-corrected chi connectivity index (χ1v) is 8.51. The maximum atomic E-state index is 12.9. The molecule has 2 aromatic rings. The second-order valence-corrected chi connectivity index (χ2v) is 6.51. The SMILES string of the molecule is Cc1ccc(C(=O)NC(C(=O)NNC(=O)c2ccc(F)cc2)C(C)C)cc1. The molecule has 0 aliphatic rings. The number of amides is 3. The third-order valence-corrected chi connectivity index (χ3v) is 3.96. The molecule has 0 radical (unpaired) electrons. The quantitative estimate of drug-likeness (QED) is 0.705. The van der Waals surface area contributed by atoms with Crippen molar-refractivity contribution >= 4 is 17.7 Å². The lowest BCUT2D eigenvalue weighted by molar-refractivity contribution is -0.124. The first-order chi connectivity index (χ1) is 12.8. The van der Waals surface area contributed by atoms with Crippen LogP contribution in [-0.4, -0.2) is 23.8 Å². The molecule has 0 bridgehead atoms. The van der Waals surface area contributed by atoms with Gasteiger partial charge in [-0.05, 0) is 49.2 Å². The summed E-state index contributed by atoms with van der Waals surface area (Å²) in [7, 11) is 0. The average molecular weight is 371 g/mol. The number of hydrazine groups is 1. The minimum Gasteiger partial charge on any atom is -0.340 e. The number of nitrogens with one attached hydrogen (secondary N) is 3. The van der Waals surface area contributed by atoms with Crippen LogP contribution in [0.4, 0.5) is 4.39 Å². The number of hydrogen-bond donors (Lipinski definition) is 3. The summed E-state index contributed by atoms with van der Waals surface area (Å²) < 4.78 is 12.9. The number of carbonyl (C=O) groups excluding carboxylic acids is 3. The summed E-state index contributed by atoms with van der Waals surface area (Å²) in [6.45, 7) is 5.47.